The first kappa shape index (κ1) is 22.2. The van der Waals surface area contributed by atoms with Crippen LogP contribution in [0.25, 0.3) is 0 Å². The summed E-state index contributed by atoms with van der Waals surface area (Å²) in [7, 11) is 0. The second-order valence-corrected chi connectivity index (χ2v) is 7.73. The van der Waals surface area contributed by atoms with Crippen molar-refractivity contribution in [1.29, 1.82) is 0 Å². The average Bonchev–Trinajstić information content (AvgIpc) is 2.75. The highest BCUT2D eigenvalue weighted by Gasteiger charge is 2.22. The minimum absolute atomic E-state index is 0.206. The Hall–Kier alpha value is -3.47. The van der Waals surface area contributed by atoms with Gasteiger partial charge in [0, 0.05) is 35.6 Å². The van der Waals surface area contributed by atoms with E-state index in [9.17, 15) is 9.90 Å². The van der Waals surface area contributed by atoms with Crippen LogP contribution < -0.4 is 15.4 Å². The van der Waals surface area contributed by atoms with E-state index in [2.05, 4.69) is 61.4 Å². The number of carbonyl (C=O) groups is 1. The monoisotopic (exact) mass is 418 g/mol. The lowest BCUT2D eigenvalue weighted by Gasteiger charge is -2.27. The summed E-state index contributed by atoms with van der Waals surface area (Å²) in [6.07, 6.45) is 5.71. The Kier molecular flexibility index (Phi) is 7.19. The number of benzene rings is 2. The largest absolute Gasteiger partial charge is 0.493 e. The van der Waals surface area contributed by atoms with E-state index in [1.807, 2.05) is 6.07 Å². The second kappa shape index (κ2) is 10.0. The van der Waals surface area contributed by atoms with Gasteiger partial charge in [-0.15, -0.1) is 0 Å². The highest BCUT2D eigenvalue weighted by atomic mass is 16.5. The summed E-state index contributed by atoms with van der Waals surface area (Å²) in [5, 5.41) is 16.2. The van der Waals surface area contributed by atoms with Crippen LogP contribution in [0.3, 0.4) is 0 Å². The van der Waals surface area contributed by atoms with E-state index in [-0.39, 0.29) is 11.5 Å². The number of aliphatic carboxylic acids is 1. The molecule has 1 atom stereocenters. The number of anilines is 2. The van der Waals surface area contributed by atoms with Gasteiger partial charge in [0.1, 0.15) is 5.75 Å². The number of aryl methyl sites for hydroxylation is 2. The van der Waals surface area contributed by atoms with Gasteiger partial charge in [0.15, 0.2) is 0 Å². The number of hydrogen-bond donors (Lipinski definition) is 3. The maximum Gasteiger partial charge on any atom is 0.337 e. The Labute approximate surface area is 184 Å². The molecule has 0 aromatic heterocycles. The molecule has 0 spiro atoms. The molecular weight excluding hydrogens is 388 g/mol. The first-order valence-corrected chi connectivity index (χ1v) is 10.5. The molecule has 3 rings (SSSR count). The Bertz CT molecular complexity index is 1040. The molecule has 1 aliphatic rings. The number of rotatable bonds is 8. The SMILES string of the molecule is C=C/C(NC[C@@H]1CCOc2cc(Nc3ccc(C)c(C)c3)ccc21)=C(\C=C/C)C(=O)O. The normalized spacial score (nSPS) is 16.2. The van der Waals surface area contributed by atoms with Crippen molar-refractivity contribution < 1.29 is 14.6 Å². The number of ether oxygens (including phenoxy) is 1. The van der Waals surface area contributed by atoms with E-state index < -0.39 is 5.97 Å². The molecule has 1 heterocycles. The van der Waals surface area contributed by atoms with Crippen LogP contribution in [0.5, 0.6) is 5.75 Å². The molecule has 0 amide bonds. The number of nitrogens with one attached hydrogen (secondary N) is 2. The zero-order valence-corrected chi connectivity index (χ0v) is 18.4. The Morgan fingerprint density at radius 1 is 1.19 bits per heavy atom. The molecule has 0 saturated heterocycles. The molecule has 3 N–H and O–H groups in total. The Morgan fingerprint density at radius 2 is 1.94 bits per heavy atom. The number of carboxylic acids is 1. The number of carboxylic acid groups (broad SMARTS) is 1. The smallest absolute Gasteiger partial charge is 0.337 e. The first-order valence-electron chi connectivity index (χ1n) is 10.5. The molecule has 1 aliphatic heterocycles. The van der Waals surface area contributed by atoms with E-state index in [1.165, 1.54) is 11.1 Å². The molecule has 31 heavy (non-hydrogen) atoms. The van der Waals surface area contributed by atoms with E-state index in [0.717, 1.165) is 29.1 Å². The van der Waals surface area contributed by atoms with Crippen LogP contribution in [0.4, 0.5) is 11.4 Å². The third kappa shape index (κ3) is 5.37. The van der Waals surface area contributed by atoms with E-state index >= 15 is 0 Å². The average molecular weight is 419 g/mol. The van der Waals surface area contributed by atoms with Gasteiger partial charge in [-0.1, -0.05) is 24.8 Å². The molecule has 0 fully saturated rings. The van der Waals surface area contributed by atoms with Crippen LogP contribution >= 0.6 is 0 Å². The van der Waals surface area contributed by atoms with Crippen LogP contribution in [-0.4, -0.2) is 24.2 Å². The molecule has 0 bridgehead atoms. The van der Waals surface area contributed by atoms with Crippen molar-refractivity contribution >= 4 is 17.3 Å². The van der Waals surface area contributed by atoms with Gasteiger partial charge in [0.2, 0.25) is 0 Å². The summed E-state index contributed by atoms with van der Waals surface area (Å²) < 4.78 is 5.93. The fourth-order valence-corrected chi connectivity index (χ4v) is 3.69. The van der Waals surface area contributed by atoms with Crippen molar-refractivity contribution in [1.82, 2.24) is 5.32 Å². The fourth-order valence-electron chi connectivity index (χ4n) is 3.69. The van der Waals surface area contributed by atoms with Gasteiger partial charge in [0.05, 0.1) is 12.2 Å². The molecule has 0 radical (unpaired) electrons. The zero-order valence-electron chi connectivity index (χ0n) is 18.4. The maximum absolute atomic E-state index is 11.5. The quantitative estimate of drug-likeness (QED) is 0.384. The lowest BCUT2D eigenvalue weighted by atomic mass is 9.92. The molecule has 0 unspecified atom stereocenters. The second-order valence-electron chi connectivity index (χ2n) is 7.73. The van der Waals surface area contributed by atoms with Gasteiger partial charge in [-0.05, 0) is 74.2 Å². The van der Waals surface area contributed by atoms with Gasteiger partial charge in [-0.3, -0.25) is 0 Å². The maximum atomic E-state index is 11.5. The minimum Gasteiger partial charge on any atom is -0.493 e. The third-order valence-electron chi connectivity index (χ3n) is 5.57. The van der Waals surface area contributed by atoms with E-state index in [0.29, 0.717) is 18.8 Å². The van der Waals surface area contributed by atoms with E-state index in [1.54, 1.807) is 25.2 Å². The van der Waals surface area contributed by atoms with Crippen LogP contribution in [0.15, 0.2) is 72.5 Å². The summed E-state index contributed by atoms with van der Waals surface area (Å²) in [4.78, 5) is 11.5. The molecule has 0 saturated carbocycles. The molecule has 2 aromatic carbocycles. The van der Waals surface area contributed by atoms with Gasteiger partial charge in [-0.2, -0.15) is 0 Å². The molecule has 5 nitrogen and oxygen atoms in total. The van der Waals surface area contributed by atoms with Crippen molar-refractivity contribution in [3.63, 3.8) is 0 Å². The summed E-state index contributed by atoms with van der Waals surface area (Å²) in [6.45, 7) is 11.0. The summed E-state index contributed by atoms with van der Waals surface area (Å²) >= 11 is 0. The number of allylic oxidation sites excluding steroid dienone is 2. The molecule has 2 aromatic rings. The predicted octanol–water partition coefficient (Wildman–Crippen LogP) is 5.60. The van der Waals surface area contributed by atoms with Crippen LogP contribution in [-0.2, 0) is 4.79 Å². The van der Waals surface area contributed by atoms with Crippen LogP contribution in [0.1, 0.15) is 36.0 Å². The van der Waals surface area contributed by atoms with Crippen molar-refractivity contribution in [3.8, 4) is 5.75 Å². The van der Waals surface area contributed by atoms with Gasteiger partial charge >= 0.3 is 5.97 Å². The topological polar surface area (TPSA) is 70.6 Å². The van der Waals surface area contributed by atoms with Crippen molar-refractivity contribution in [2.24, 2.45) is 0 Å². The van der Waals surface area contributed by atoms with Gasteiger partial charge < -0.3 is 20.5 Å². The summed E-state index contributed by atoms with van der Waals surface area (Å²) in [6, 6.07) is 12.5. The molecule has 5 heteroatoms. The summed E-state index contributed by atoms with van der Waals surface area (Å²) in [5.41, 5.74) is 6.38. The minimum atomic E-state index is -0.977. The number of hydrogen-bond acceptors (Lipinski definition) is 4. The van der Waals surface area contributed by atoms with Gasteiger partial charge in [-0.25, -0.2) is 4.79 Å². The molecular formula is C26H30N2O3. The summed E-state index contributed by atoms with van der Waals surface area (Å²) in [5.74, 6) is 0.105. The van der Waals surface area contributed by atoms with Gasteiger partial charge in [0.25, 0.3) is 0 Å². The first-order chi connectivity index (χ1) is 14.9. The lowest BCUT2D eigenvalue weighted by Crippen LogP contribution is -2.26. The third-order valence-corrected chi connectivity index (χ3v) is 5.57. The standard InChI is InChI=1S/C26H30N2O3/c1-5-7-23(26(29)30)24(6-2)27-16-19-12-13-31-25-15-21(10-11-22(19)25)28-20-9-8-17(3)18(4)14-20/h5-11,14-15,19,27-28H,2,12-13,16H2,1,3-4H3,(H,29,30)/b7-5-,24-23-/t19-/m0/s1. The predicted molar refractivity (Wildman–Crippen MR) is 126 cm³/mol. The van der Waals surface area contributed by atoms with E-state index in [4.69, 9.17) is 4.74 Å². The molecule has 162 valence electrons. The fraction of sp³-hybridized carbons (Fsp3) is 0.269. The number of fused-ring (bicyclic) bond motifs is 1. The molecule has 0 aliphatic carbocycles. The highest BCUT2D eigenvalue weighted by Crippen LogP contribution is 2.36. The lowest BCUT2D eigenvalue weighted by molar-refractivity contribution is -0.132. The Morgan fingerprint density at radius 3 is 2.61 bits per heavy atom. The van der Waals surface area contributed by atoms with Crippen molar-refractivity contribution in [3.05, 3.63) is 89.2 Å². The Balaban J connectivity index is 1.77. The van der Waals surface area contributed by atoms with Crippen molar-refractivity contribution in [2.45, 2.75) is 33.1 Å². The van der Waals surface area contributed by atoms with Crippen LogP contribution in [0.2, 0.25) is 0 Å². The van der Waals surface area contributed by atoms with Crippen LogP contribution in [0, 0.1) is 13.8 Å². The highest BCUT2D eigenvalue weighted by molar-refractivity contribution is 5.91. The zero-order chi connectivity index (χ0) is 22.4. The van der Waals surface area contributed by atoms with Crippen molar-refractivity contribution in [2.75, 3.05) is 18.5 Å².